The van der Waals surface area contributed by atoms with Gasteiger partial charge in [-0.15, -0.1) is 0 Å². The van der Waals surface area contributed by atoms with Crippen molar-refractivity contribution < 1.29 is 9.59 Å². The number of piperidine rings is 1. The van der Waals surface area contributed by atoms with Gasteiger partial charge in [-0.05, 0) is 67.4 Å². The molecule has 1 aliphatic rings. The summed E-state index contributed by atoms with van der Waals surface area (Å²) in [4.78, 5) is 36.2. The van der Waals surface area contributed by atoms with Crippen LogP contribution in [0.2, 0.25) is 0 Å². The number of amides is 1. The molecule has 2 N–H and O–H groups in total. The van der Waals surface area contributed by atoms with Gasteiger partial charge in [0.25, 0.3) is 5.91 Å². The van der Waals surface area contributed by atoms with E-state index < -0.39 is 0 Å². The van der Waals surface area contributed by atoms with Crippen molar-refractivity contribution in [1.29, 1.82) is 0 Å². The van der Waals surface area contributed by atoms with Gasteiger partial charge in [-0.2, -0.15) is 0 Å². The molecule has 0 spiro atoms. The Kier molecular flexibility index (Phi) is 7.17. The third-order valence-corrected chi connectivity index (χ3v) is 6.47. The Morgan fingerprint density at radius 1 is 1.09 bits per heavy atom. The summed E-state index contributed by atoms with van der Waals surface area (Å²) in [5, 5.41) is 2.92. The van der Waals surface area contributed by atoms with E-state index in [9.17, 15) is 9.59 Å². The molecule has 1 amide bonds. The van der Waals surface area contributed by atoms with Crippen molar-refractivity contribution in [3.8, 4) is 0 Å². The number of aromatic nitrogens is 2. The molecule has 1 aromatic carbocycles. The van der Waals surface area contributed by atoms with Crippen molar-refractivity contribution in [2.45, 2.75) is 59.3 Å². The maximum atomic E-state index is 13.0. The minimum absolute atomic E-state index is 0.0117. The van der Waals surface area contributed by atoms with Crippen LogP contribution < -0.4 is 5.32 Å². The molecule has 0 unspecified atom stereocenters. The number of nitrogens with zero attached hydrogens (tertiary/aromatic N) is 2. The summed E-state index contributed by atoms with van der Waals surface area (Å²) in [6, 6.07) is 10.8. The summed E-state index contributed by atoms with van der Waals surface area (Å²) in [6.45, 7) is 12.1. The van der Waals surface area contributed by atoms with Crippen LogP contribution >= 0.6 is 0 Å². The molecule has 0 atom stereocenters. The van der Waals surface area contributed by atoms with Crippen LogP contribution in [0.5, 0.6) is 0 Å². The fraction of sp³-hybridized carbons (Fsp3) is 0.464. The Morgan fingerprint density at radius 2 is 1.79 bits per heavy atom. The third-order valence-electron chi connectivity index (χ3n) is 6.47. The molecular formula is C28H36N4O2. The smallest absolute Gasteiger partial charge is 0.257 e. The molecule has 6 heteroatoms. The summed E-state index contributed by atoms with van der Waals surface area (Å²) in [5.74, 6) is 0.638. The lowest BCUT2D eigenvalue weighted by Crippen LogP contribution is -2.38. The molecule has 0 radical (unpaired) electrons. The number of hydrogen-bond acceptors (Lipinski definition) is 4. The second-order valence-electron chi connectivity index (χ2n) is 10.6. The molecule has 0 bridgehead atoms. The minimum atomic E-state index is -0.306. The molecular weight excluding hydrogens is 424 g/mol. The van der Waals surface area contributed by atoms with E-state index in [1.165, 1.54) is 5.56 Å². The first-order chi connectivity index (χ1) is 16.2. The Bertz CT molecular complexity index is 1170. The number of anilines is 1. The zero-order valence-electron chi connectivity index (χ0n) is 20.8. The molecule has 180 valence electrons. The van der Waals surface area contributed by atoms with Crippen molar-refractivity contribution in [3.05, 3.63) is 59.3 Å². The van der Waals surface area contributed by atoms with Crippen LogP contribution in [0, 0.1) is 5.41 Å². The Balaban J connectivity index is 1.51. The zero-order chi connectivity index (χ0) is 24.3. The number of nitrogens with one attached hydrogen (secondary N) is 2. The standard InChI is InChI=1S/C28H36N4O2/c1-5-8-24(33)20-9-6-7-10-21(20)27(34)31-25-12-11-23-26(30-25)22(17-29-23)19-13-15-32(16-14-19)18-28(2,3)4/h6-7,9-12,17,19,29H,5,8,13-16,18H2,1-4H3,(H,30,31,34). The van der Waals surface area contributed by atoms with Crippen LogP contribution in [0.1, 0.15) is 85.6 Å². The van der Waals surface area contributed by atoms with Crippen LogP contribution in [0.25, 0.3) is 11.0 Å². The van der Waals surface area contributed by atoms with Crippen molar-refractivity contribution in [2.24, 2.45) is 5.41 Å². The number of fused-ring (bicyclic) bond motifs is 1. The largest absolute Gasteiger partial charge is 0.360 e. The van der Waals surface area contributed by atoms with Gasteiger partial charge in [0.2, 0.25) is 0 Å². The van der Waals surface area contributed by atoms with Gasteiger partial charge in [0, 0.05) is 24.7 Å². The predicted octanol–water partition coefficient (Wildman–Crippen LogP) is 6.02. The van der Waals surface area contributed by atoms with E-state index in [0.29, 0.717) is 34.7 Å². The lowest BCUT2D eigenvalue weighted by atomic mass is 9.88. The van der Waals surface area contributed by atoms with Crippen LogP contribution in [0.3, 0.4) is 0 Å². The van der Waals surface area contributed by atoms with Gasteiger partial charge in [-0.25, -0.2) is 4.98 Å². The highest BCUT2D eigenvalue weighted by Gasteiger charge is 2.26. The fourth-order valence-corrected chi connectivity index (χ4v) is 4.94. The number of carbonyl (C=O) groups is 2. The number of rotatable bonds is 7. The van der Waals surface area contributed by atoms with Crippen LogP contribution in [0.15, 0.2) is 42.6 Å². The van der Waals surface area contributed by atoms with Gasteiger partial charge < -0.3 is 15.2 Å². The summed E-state index contributed by atoms with van der Waals surface area (Å²) >= 11 is 0. The van der Waals surface area contributed by atoms with Crippen molar-refractivity contribution >= 4 is 28.5 Å². The summed E-state index contributed by atoms with van der Waals surface area (Å²) in [5.41, 5.74) is 4.28. The van der Waals surface area contributed by atoms with Crippen molar-refractivity contribution in [1.82, 2.24) is 14.9 Å². The van der Waals surface area contributed by atoms with Crippen LogP contribution in [-0.2, 0) is 0 Å². The number of ketones is 1. The normalized spacial score (nSPS) is 15.5. The van der Waals surface area contributed by atoms with Gasteiger partial charge in [0.05, 0.1) is 16.6 Å². The average molecular weight is 461 g/mol. The topological polar surface area (TPSA) is 78.1 Å². The monoisotopic (exact) mass is 460 g/mol. The second-order valence-corrected chi connectivity index (χ2v) is 10.6. The average Bonchev–Trinajstić information content (AvgIpc) is 3.22. The predicted molar refractivity (Wildman–Crippen MR) is 138 cm³/mol. The Hall–Kier alpha value is -2.99. The van der Waals surface area contributed by atoms with E-state index in [0.717, 1.165) is 49.9 Å². The van der Waals surface area contributed by atoms with Gasteiger partial charge in [0.15, 0.2) is 5.78 Å². The fourth-order valence-electron chi connectivity index (χ4n) is 4.94. The number of hydrogen-bond donors (Lipinski definition) is 2. The number of H-pyrrole nitrogens is 1. The number of pyridine rings is 1. The lowest BCUT2D eigenvalue weighted by Gasteiger charge is -2.35. The van der Waals surface area contributed by atoms with Gasteiger partial charge in [-0.1, -0.05) is 45.9 Å². The third kappa shape index (κ3) is 5.55. The molecule has 1 saturated heterocycles. The molecule has 3 aromatic rings. The molecule has 3 heterocycles. The summed E-state index contributed by atoms with van der Waals surface area (Å²) in [6.07, 6.45) is 5.46. The number of benzene rings is 1. The van der Waals surface area contributed by atoms with Gasteiger partial charge in [-0.3, -0.25) is 9.59 Å². The molecule has 0 saturated carbocycles. The maximum Gasteiger partial charge on any atom is 0.257 e. The molecule has 34 heavy (non-hydrogen) atoms. The van der Waals surface area contributed by atoms with Gasteiger partial charge >= 0.3 is 0 Å². The SMILES string of the molecule is CCCC(=O)c1ccccc1C(=O)Nc1ccc2[nH]cc(C3CCN(CC(C)(C)C)CC3)c2n1. The van der Waals surface area contributed by atoms with E-state index in [4.69, 9.17) is 4.98 Å². The molecule has 2 aromatic heterocycles. The molecule has 6 nitrogen and oxygen atoms in total. The zero-order valence-corrected chi connectivity index (χ0v) is 20.8. The highest BCUT2D eigenvalue weighted by atomic mass is 16.2. The summed E-state index contributed by atoms with van der Waals surface area (Å²) < 4.78 is 0. The van der Waals surface area contributed by atoms with Crippen molar-refractivity contribution in [2.75, 3.05) is 25.0 Å². The first-order valence-corrected chi connectivity index (χ1v) is 12.4. The van der Waals surface area contributed by atoms with E-state index in [1.54, 1.807) is 24.3 Å². The number of aromatic amines is 1. The number of carbonyl (C=O) groups excluding carboxylic acids is 2. The minimum Gasteiger partial charge on any atom is -0.360 e. The molecule has 1 aliphatic heterocycles. The highest BCUT2D eigenvalue weighted by Crippen LogP contribution is 2.33. The first kappa shape index (κ1) is 24.1. The molecule has 0 aliphatic carbocycles. The van der Waals surface area contributed by atoms with Crippen LogP contribution in [-0.4, -0.2) is 46.2 Å². The summed E-state index contributed by atoms with van der Waals surface area (Å²) in [7, 11) is 0. The van der Waals surface area contributed by atoms with Gasteiger partial charge in [0.1, 0.15) is 5.82 Å². The van der Waals surface area contributed by atoms with Crippen molar-refractivity contribution in [3.63, 3.8) is 0 Å². The molecule has 1 fully saturated rings. The second kappa shape index (κ2) is 10.1. The van der Waals surface area contributed by atoms with E-state index >= 15 is 0 Å². The quantitative estimate of drug-likeness (QED) is 0.422. The first-order valence-electron chi connectivity index (χ1n) is 12.4. The Morgan fingerprint density at radius 3 is 2.47 bits per heavy atom. The number of Topliss-reactive ketones (excluding diaryl/α,β-unsaturated/α-hetero) is 1. The Labute approximate surface area is 202 Å². The lowest BCUT2D eigenvalue weighted by molar-refractivity contribution is 0.0963. The van der Waals surface area contributed by atoms with E-state index in [2.05, 4.69) is 42.2 Å². The van der Waals surface area contributed by atoms with Crippen LogP contribution in [0.4, 0.5) is 5.82 Å². The van der Waals surface area contributed by atoms with E-state index in [-0.39, 0.29) is 11.7 Å². The van der Waals surface area contributed by atoms with E-state index in [1.807, 2.05) is 19.1 Å². The maximum absolute atomic E-state index is 13.0. The number of likely N-dealkylation sites (tertiary alicyclic amines) is 1. The highest BCUT2D eigenvalue weighted by molar-refractivity contribution is 6.12. The molecule has 4 rings (SSSR count).